The Kier molecular flexibility index (Phi) is 4.11. The van der Waals surface area contributed by atoms with Crippen LogP contribution < -0.4 is 4.74 Å². The van der Waals surface area contributed by atoms with Crippen LogP contribution in [0.2, 0.25) is 0 Å². The zero-order valence-electron chi connectivity index (χ0n) is 9.86. The summed E-state index contributed by atoms with van der Waals surface area (Å²) in [6.45, 7) is 0. The number of hydrogen-bond donors (Lipinski definition) is 0. The topological polar surface area (TPSA) is 50.1 Å². The van der Waals surface area contributed by atoms with Gasteiger partial charge >= 0.3 is 5.97 Å². The van der Waals surface area contributed by atoms with E-state index in [1.165, 1.54) is 18.2 Å². The number of carbonyl (C=O) groups excluding carboxylic acids is 1. The number of hydrogen-bond acceptors (Lipinski definition) is 3. The van der Waals surface area contributed by atoms with Crippen molar-refractivity contribution in [3.63, 3.8) is 0 Å². The predicted molar refractivity (Wildman–Crippen MR) is 70.2 cm³/mol. The molecule has 0 N–H and O–H groups in total. The molecule has 0 fully saturated rings. The van der Waals surface area contributed by atoms with Gasteiger partial charge in [0.05, 0.1) is 5.56 Å². The van der Waals surface area contributed by atoms with Gasteiger partial charge in [0.25, 0.3) is 0 Å². The van der Waals surface area contributed by atoms with Gasteiger partial charge in [0.1, 0.15) is 29.0 Å². The molecule has 0 unspecified atom stereocenters. The van der Waals surface area contributed by atoms with E-state index in [1.807, 2.05) is 0 Å². The normalized spacial score (nSPS) is 9.90. The van der Waals surface area contributed by atoms with E-state index in [4.69, 9.17) is 10.00 Å². The average molecular weight is 338 g/mol. The highest BCUT2D eigenvalue weighted by Crippen LogP contribution is 2.21. The Hall–Kier alpha value is -2.26. The molecule has 6 heteroatoms. The first-order valence-electron chi connectivity index (χ1n) is 5.38. The Morgan fingerprint density at radius 3 is 2.20 bits per heavy atom. The van der Waals surface area contributed by atoms with Crippen molar-refractivity contribution >= 4 is 21.9 Å². The number of nitrogens with zero attached hydrogens (tertiary/aromatic N) is 1. The Morgan fingerprint density at radius 1 is 1.15 bits per heavy atom. The minimum atomic E-state index is -1.08. The van der Waals surface area contributed by atoms with Crippen LogP contribution in [-0.2, 0) is 0 Å². The third kappa shape index (κ3) is 3.00. The van der Waals surface area contributed by atoms with Crippen LogP contribution in [0.4, 0.5) is 8.78 Å². The lowest BCUT2D eigenvalue weighted by atomic mass is 10.2. The number of benzene rings is 2. The third-order valence-corrected chi connectivity index (χ3v) is 2.95. The first-order chi connectivity index (χ1) is 9.51. The second-order valence-electron chi connectivity index (χ2n) is 3.77. The SMILES string of the molecule is N#Cc1c(F)cc(OC(=O)c2ccc(Br)cc2)cc1F. The maximum atomic E-state index is 13.4. The molecule has 0 saturated carbocycles. The largest absolute Gasteiger partial charge is 0.423 e. The molecule has 2 aromatic carbocycles. The van der Waals surface area contributed by atoms with Crippen molar-refractivity contribution in [1.82, 2.24) is 0 Å². The maximum Gasteiger partial charge on any atom is 0.343 e. The molecular weight excluding hydrogens is 332 g/mol. The summed E-state index contributed by atoms with van der Waals surface area (Å²) in [5.74, 6) is -3.20. The minimum absolute atomic E-state index is 0.235. The molecule has 0 aliphatic carbocycles. The summed E-state index contributed by atoms with van der Waals surface area (Å²) in [6, 6.07) is 9.24. The van der Waals surface area contributed by atoms with E-state index in [0.717, 1.165) is 16.6 Å². The van der Waals surface area contributed by atoms with E-state index in [1.54, 1.807) is 12.1 Å². The number of carbonyl (C=O) groups is 1. The summed E-state index contributed by atoms with van der Waals surface area (Å²) in [4.78, 5) is 11.8. The van der Waals surface area contributed by atoms with Crippen LogP contribution in [0.1, 0.15) is 15.9 Å². The van der Waals surface area contributed by atoms with Crippen LogP contribution in [0.15, 0.2) is 40.9 Å². The molecule has 2 aromatic rings. The Bertz CT molecular complexity index is 685. The Morgan fingerprint density at radius 2 is 1.70 bits per heavy atom. The van der Waals surface area contributed by atoms with Crippen LogP contribution >= 0.6 is 15.9 Å². The van der Waals surface area contributed by atoms with E-state index < -0.39 is 23.2 Å². The molecule has 0 amide bonds. The second-order valence-corrected chi connectivity index (χ2v) is 4.69. The van der Waals surface area contributed by atoms with Crippen LogP contribution in [0.5, 0.6) is 5.75 Å². The lowest BCUT2D eigenvalue weighted by Crippen LogP contribution is -2.09. The maximum absolute atomic E-state index is 13.4. The van der Waals surface area contributed by atoms with Gasteiger partial charge in [-0.2, -0.15) is 5.26 Å². The van der Waals surface area contributed by atoms with E-state index in [9.17, 15) is 13.6 Å². The van der Waals surface area contributed by atoms with Crippen molar-refractivity contribution in [2.24, 2.45) is 0 Å². The highest BCUT2D eigenvalue weighted by atomic mass is 79.9. The monoisotopic (exact) mass is 337 g/mol. The zero-order valence-corrected chi connectivity index (χ0v) is 11.4. The molecule has 0 bridgehead atoms. The molecule has 0 saturated heterocycles. The smallest absolute Gasteiger partial charge is 0.343 e. The summed E-state index contributed by atoms with van der Waals surface area (Å²) in [5, 5.41) is 8.53. The van der Waals surface area contributed by atoms with Gasteiger partial charge in [-0.05, 0) is 24.3 Å². The van der Waals surface area contributed by atoms with Crippen molar-refractivity contribution in [2.75, 3.05) is 0 Å². The van der Waals surface area contributed by atoms with Gasteiger partial charge in [-0.1, -0.05) is 15.9 Å². The molecule has 2 rings (SSSR count). The van der Waals surface area contributed by atoms with Crippen molar-refractivity contribution in [2.45, 2.75) is 0 Å². The van der Waals surface area contributed by atoms with E-state index >= 15 is 0 Å². The van der Waals surface area contributed by atoms with Gasteiger partial charge in [0.2, 0.25) is 0 Å². The fraction of sp³-hybridized carbons (Fsp3) is 0. The number of halogens is 3. The molecule has 3 nitrogen and oxygen atoms in total. The first kappa shape index (κ1) is 14.2. The van der Waals surface area contributed by atoms with Gasteiger partial charge in [0.15, 0.2) is 0 Å². The molecule has 0 aromatic heterocycles. The van der Waals surface area contributed by atoms with Crippen LogP contribution in [0, 0.1) is 23.0 Å². The highest BCUT2D eigenvalue weighted by molar-refractivity contribution is 9.10. The Labute approximate surface area is 121 Å². The molecule has 0 spiro atoms. The van der Waals surface area contributed by atoms with E-state index in [-0.39, 0.29) is 11.3 Å². The molecular formula is C14H6BrF2NO2. The summed E-state index contributed by atoms with van der Waals surface area (Å²) < 4.78 is 32.4. The van der Waals surface area contributed by atoms with Gasteiger partial charge < -0.3 is 4.74 Å². The standard InChI is InChI=1S/C14H6BrF2NO2/c15-9-3-1-8(2-4-9)14(19)20-10-5-12(16)11(7-18)13(17)6-10/h1-6H. The molecule has 0 radical (unpaired) electrons. The molecule has 100 valence electrons. The summed E-state index contributed by atoms with van der Waals surface area (Å²) >= 11 is 3.21. The van der Waals surface area contributed by atoms with Crippen LogP contribution in [0.3, 0.4) is 0 Å². The number of ether oxygens (including phenoxy) is 1. The van der Waals surface area contributed by atoms with E-state index in [0.29, 0.717) is 0 Å². The molecule has 0 aliphatic heterocycles. The zero-order chi connectivity index (χ0) is 14.7. The van der Waals surface area contributed by atoms with E-state index in [2.05, 4.69) is 15.9 Å². The Balaban J connectivity index is 2.24. The van der Waals surface area contributed by atoms with Crippen LogP contribution in [-0.4, -0.2) is 5.97 Å². The lowest BCUT2D eigenvalue weighted by molar-refractivity contribution is 0.0734. The van der Waals surface area contributed by atoms with Gasteiger partial charge in [-0.15, -0.1) is 0 Å². The summed E-state index contributed by atoms with van der Waals surface area (Å²) in [7, 11) is 0. The number of esters is 1. The lowest BCUT2D eigenvalue weighted by Gasteiger charge is -2.05. The van der Waals surface area contributed by atoms with Crippen molar-refractivity contribution < 1.29 is 18.3 Å². The minimum Gasteiger partial charge on any atom is -0.423 e. The summed E-state index contributed by atoms with van der Waals surface area (Å²) in [5.41, 5.74) is -0.480. The van der Waals surface area contributed by atoms with Crippen LogP contribution in [0.25, 0.3) is 0 Å². The number of rotatable bonds is 2. The van der Waals surface area contributed by atoms with Gasteiger partial charge in [-0.25, -0.2) is 13.6 Å². The van der Waals surface area contributed by atoms with Gasteiger partial charge in [-0.3, -0.25) is 0 Å². The molecule has 0 heterocycles. The fourth-order valence-electron chi connectivity index (χ4n) is 1.47. The first-order valence-corrected chi connectivity index (χ1v) is 6.17. The van der Waals surface area contributed by atoms with Crippen molar-refractivity contribution in [1.29, 1.82) is 5.26 Å². The fourth-order valence-corrected chi connectivity index (χ4v) is 1.73. The van der Waals surface area contributed by atoms with Gasteiger partial charge in [0, 0.05) is 16.6 Å². The number of nitriles is 1. The predicted octanol–water partition coefficient (Wildman–Crippen LogP) is 3.82. The average Bonchev–Trinajstić information content (AvgIpc) is 2.39. The van der Waals surface area contributed by atoms with Crippen molar-refractivity contribution in [3.8, 4) is 11.8 Å². The molecule has 0 aliphatic rings. The molecule has 20 heavy (non-hydrogen) atoms. The third-order valence-electron chi connectivity index (χ3n) is 2.42. The second kappa shape index (κ2) is 5.80. The highest BCUT2D eigenvalue weighted by Gasteiger charge is 2.14. The summed E-state index contributed by atoms with van der Waals surface area (Å²) in [6.07, 6.45) is 0. The van der Waals surface area contributed by atoms with Crippen molar-refractivity contribution in [3.05, 3.63) is 63.6 Å². The quantitative estimate of drug-likeness (QED) is 0.618. The molecule has 0 atom stereocenters.